The molecule has 1 aliphatic heterocycles. The van der Waals surface area contributed by atoms with Crippen LogP contribution in [0.3, 0.4) is 0 Å². The van der Waals surface area contributed by atoms with Gasteiger partial charge in [0, 0.05) is 32.7 Å². The van der Waals surface area contributed by atoms with Gasteiger partial charge in [-0.05, 0) is 25.1 Å². The molecule has 0 radical (unpaired) electrons. The van der Waals surface area contributed by atoms with E-state index in [2.05, 4.69) is 30.7 Å². The third-order valence-corrected chi connectivity index (χ3v) is 6.12. The zero-order valence-corrected chi connectivity index (χ0v) is 16.2. The van der Waals surface area contributed by atoms with Crippen LogP contribution in [0, 0.1) is 5.92 Å². The summed E-state index contributed by atoms with van der Waals surface area (Å²) < 4.78 is 26.6. The zero-order chi connectivity index (χ0) is 17.7. The molecule has 1 aliphatic rings. The summed E-state index contributed by atoms with van der Waals surface area (Å²) in [5.41, 5.74) is 1.85. The maximum atomic E-state index is 12.5. The average molecular weight is 354 g/mol. The molecule has 2 rings (SSSR count). The second kappa shape index (κ2) is 8.21. The van der Waals surface area contributed by atoms with Crippen LogP contribution >= 0.6 is 0 Å². The highest BCUT2D eigenvalue weighted by Gasteiger charge is 2.25. The first-order chi connectivity index (χ1) is 11.4. The number of para-hydroxylation sites is 2. The predicted molar refractivity (Wildman–Crippen MR) is 102 cm³/mol. The molecule has 24 heavy (non-hydrogen) atoms. The Hall–Kier alpha value is -1.27. The summed E-state index contributed by atoms with van der Waals surface area (Å²) in [4.78, 5) is 4.61. The lowest BCUT2D eigenvalue weighted by atomic mass is 10.0. The molecule has 1 saturated heterocycles. The molecule has 1 heterocycles. The summed E-state index contributed by atoms with van der Waals surface area (Å²) in [5.74, 6) is 0.375. The molecule has 0 aromatic heterocycles. The van der Waals surface area contributed by atoms with Crippen LogP contribution in [0.5, 0.6) is 0 Å². The number of hydrogen-bond acceptors (Lipinski definition) is 4. The summed E-state index contributed by atoms with van der Waals surface area (Å²) in [6, 6.07) is 7.91. The van der Waals surface area contributed by atoms with Gasteiger partial charge >= 0.3 is 0 Å². The first-order valence-electron chi connectivity index (χ1n) is 8.87. The molecule has 5 nitrogen and oxygen atoms in total. The molecule has 0 spiro atoms. The van der Waals surface area contributed by atoms with Crippen molar-refractivity contribution in [1.29, 1.82) is 0 Å². The van der Waals surface area contributed by atoms with Crippen LogP contribution in [0.2, 0.25) is 0 Å². The quantitative estimate of drug-likeness (QED) is 0.756. The van der Waals surface area contributed by atoms with E-state index in [0.717, 1.165) is 50.4 Å². The van der Waals surface area contributed by atoms with E-state index in [1.54, 1.807) is 4.31 Å². The number of anilines is 2. The zero-order valence-electron chi connectivity index (χ0n) is 15.4. The monoisotopic (exact) mass is 353 g/mol. The Labute approximate surface area is 147 Å². The van der Waals surface area contributed by atoms with Crippen molar-refractivity contribution in [3.63, 3.8) is 0 Å². The Morgan fingerprint density at radius 1 is 1.08 bits per heavy atom. The van der Waals surface area contributed by atoms with E-state index in [1.165, 1.54) is 6.26 Å². The molecule has 1 fully saturated rings. The van der Waals surface area contributed by atoms with Gasteiger partial charge in [0.25, 0.3) is 0 Å². The number of nitrogens with zero attached hydrogens (tertiary/aromatic N) is 3. The Balaban J connectivity index is 2.36. The van der Waals surface area contributed by atoms with Crippen LogP contribution in [-0.2, 0) is 10.0 Å². The highest BCUT2D eigenvalue weighted by molar-refractivity contribution is 7.92. The lowest BCUT2D eigenvalue weighted by Gasteiger charge is -2.37. The van der Waals surface area contributed by atoms with E-state index in [4.69, 9.17) is 0 Å². The van der Waals surface area contributed by atoms with Crippen LogP contribution < -0.4 is 9.21 Å². The molecule has 1 aromatic carbocycles. The molecule has 0 saturated carbocycles. The van der Waals surface area contributed by atoms with E-state index >= 15 is 0 Å². The number of piperazine rings is 1. The average Bonchev–Trinajstić information content (AvgIpc) is 2.56. The molecule has 0 amide bonds. The SMILES string of the molecule is CCC(CC)CN(c1ccccc1N1CCN(C)CC1)S(C)(=O)=O. The Morgan fingerprint density at radius 2 is 1.67 bits per heavy atom. The van der Waals surface area contributed by atoms with Crippen LogP contribution in [0.1, 0.15) is 26.7 Å². The molecular weight excluding hydrogens is 322 g/mol. The smallest absolute Gasteiger partial charge is 0.232 e. The van der Waals surface area contributed by atoms with Crippen LogP contribution in [-0.4, -0.2) is 59.3 Å². The van der Waals surface area contributed by atoms with E-state index in [-0.39, 0.29) is 0 Å². The topological polar surface area (TPSA) is 43.9 Å². The minimum absolute atomic E-state index is 0.375. The molecule has 1 aromatic rings. The van der Waals surface area contributed by atoms with Gasteiger partial charge in [0.15, 0.2) is 0 Å². The molecule has 0 bridgehead atoms. The van der Waals surface area contributed by atoms with Crippen molar-refractivity contribution in [2.45, 2.75) is 26.7 Å². The fourth-order valence-electron chi connectivity index (χ4n) is 3.18. The molecule has 136 valence electrons. The summed E-state index contributed by atoms with van der Waals surface area (Å²) >= 11 is 0. The fraction of sp³-hybridized carbons (Fsp3) is 0.667. The normalized spacial score (nSPS) is 16.6. The van der Waals surface area contributed by atoms with Gasteiger partial charge in [-0.15, -0.1) is 0 Å². The van der Waals surface area contributed by atoms with Gasteiger partial charge < -0.3 is 9.80 Å². The number of likely N-dealkylation sites (N-methyl/N-ethyl adjacent to an activating group) is 1. The van der Waals surface area contributed by atoms with E-state index in [1.807, 2.05) is 24.3 Å². The van der Waals surface area contributed by atoms with E-state index < -0.39 is 10.0 Å². The van der Waals surface area contributed by atoms with Crippen molar-refractivity contribution >= 4 is 21.4 Å². The van der Waals surface area contributed by atoms with Crippen molar-refractivity contribution in [3.05, 3.63) is 24.3 Å². The maximum Gasteiger partial charge on any atom is 0.232 e. The maximum absolute atomic E-state index is 12.5. The first kappa shape index (κ1) is 19.1. The Kier molecular flexibility index (Phi) is 6.52. The minimum atomic E-state index is -3.31. The van der Waals surface area contributed by atoms with Gasteiger partial charge in [0.2, 0.25) is 10.0 Å². The highest BCUT2D eigenvalue weighted by atomic mass is 32.2. The van der Waals surface area contributed by atoms with Crippen LogP contribution in [0.25, 0.3) is 0 Å². The molecule has 0 unspecified atom stereocenters. The third kappa shape index (κ3) is 4.63. The van der Waals surface area contributed by atoms with Crippen molar-refractivity contribution in [3.8, 4) is 0 Å². The number of sulfonamides is 1. The van der Waals surface area contributed by atoms with Gasteiger partial charge in [-0.25, -0.2) is 8.42 Å². The highest BCUT2D eigenvalue weighted by Crippen LogP contribution is 2.32. The lowest BCUT2D eigenvalue weighted by molar-refractivity contribution is 0.313. The standard InChI is InChI=1S/C18H31N3O2S/c1-5-16(6-2)15-21(24(4,22)23)18-10-8-7-9-17(18)20-13-11-19(3)12-14-20/h7-10,16H,5-6,11-15H2,1-4H3. The Morgan fingerprint density at radius 3 is 2.21 bits per heavy atom. The summed E-state index contributed by atoms with van der Waals surface area (Å²) in [6.45, 7) is 8.66. The molecular formula is C18H31N3O2S. The fourth-order valence-corrected chi connectivity index (χ4v) is 4.18. The van der Waals surface area contributed by atoms with E-state index in [0.29, 0.717) is 12.5 Å². The third-order valence-electron chi connectivity index (χ3n) is 4.97. The first-order valence-corrected chi connectivity index (χ1v) is 10.7. The van der Waals surface area contributed by atoms with E-state index in [9.17, 15) is 8.42 Å². The molecule has 0 atom stereocenters. The lowest BCUT2D eigenvalue weighted by Crippen LogP contribution is -2.45. The second-order valence-electron chi connectivity index (χ2n) is 6.76. The Bertz CT molecular complexity index is 621. The largest absolute Gasteiger partial charge is 0.367 e. The predicted octanol–water partition coefficient (Wildman–Crippen LogP) is 2.64. The summed E-state index contributed by atoms with van der Waals surface area (Å²) in [6.07, 6.45) is 3.29. The van der Waals surface area contributed by atoms with Gasteiger partial charge in [0.05, 0.1) is 17.6 Å². The van der Waals surface area contributed by atoms with Gasteiger partial charge in [-0.2, -0.15) is 0 Å². The van der Waals surface area contributed by atoms with Crippen molar-refractivity contribution in [2.75, 3.05) is 55.2 Å². The van der Waals surface area contributed by atoms with Crippen LogP contribution in [0.15, 0.2) is 24.3 Å². The van der Waals surface area contributed by atoms with Gasteiger partial charge in [0.1, 0.15) is 0 Å². The number of hydrogen-bond donors (Lipinski definition) is 0. The molecule has 6 heteroatoms. The van der Waals surface area contributed by atoms with Crippen molar-refractivity contribution < 1.29 is 8.42 Å². The van der Waals surface area contributed by atoms with Crippen molar-refractivity contribution in [1.82, 2.24) is 4.90 Å². The van der Waals surface area contributed by atoms with Gasteiger partial charge in [-0.1, -0.05) is 38.8 Å². The molecule has 0 aliphatic carbocycles. The second-order valence-corrected chi connectivity index (χ2v) is 8.66. The van der Waals surface area contributed by atoms with Crippen LogP contribution in [0.4, 0.5) is 11.4 Å². The summed E-state index contributed by atoms with van der Waals surface area (Å²) in [5, 5.41) is 0. The van der Waals surface area contributed by atoms with Gasteiger partial charge in [-0.3, -0.25) is 4.31 Å². The van der Waals surface area contributed by atoms with Crippen molar-refractivity contribution in [2.24, 2.45) is 5.92 Å². The number of benzene rings is 1. The molecule has 0 N–H and O–H groups in total. The summed E-state index contributed by atoms with van der Waals surface area (Å²) in [7, 11) is -1.18. The number of rotatable bonds is 7. The minimum Gasteiger partial charge on any atom is -0.367 e.